The Morgan fingerprint density at radius 3 is 1.69 bits per heavy atom. The number of quaternary nitrogens is 1. The average molecular weight is 713 g/mol. The van der Waals surface area contributed by atoms with Crippen molar-refractivity contribution in [3.05, 3.63) is 85.1 Å². The van der Waals surface area contributed by atoms with Crippen molar-refractivity contribution >= 4 is 17.9 Å². The number of nitrogens with zero attached hydrogens (tertiary/aromatic N) is 1. The van der Waals surface area contributed by atoms with Crippen LogP contribution in [0.25, 0.3) is 0 Å². The molecule has 0 aromatic heterocycles. The van der Waals surface area contributed by atoms with Crippen molar-refractivity contribution in [1.82, 2.24) is 0 Å². The van der Waals surface area contributed by atoms with Gasteiger partial charge in [0.25, 0.3) is 0 Å². The Labute approximate surface area is 310 Å². The van der Waals surface area contributed by atoms with E-state index in [4.69, 9.17) is 14.2 Å². The Morgan fingerprint density at radius 1 is 0.608 bits per heavy atom. The van der Waals surface area contributed by atoms with Gasteiger partial charge in [-0.25, -0.2) is 4.79 Å². The van der Waals surface area contributed by atoms with Crippen LogP contribution >= 0.6 is 0 Å². The second-order valence-corrected chi connectivity index (χ2v) is 13.6. The van der Waals surface area contributed by atoms with Crippen LogP contribution in [0.1, 0.15) is 117 Å². The topological polar surface area (TPSA) is 99.1 Å². The first kappa shape index (κ1) is 47.5. The zero-order chi connectivity index (χ0) is 37.8. The summed E-state index contributed by atoms with van der Waals surface area (Å²) in [7, 11) is 5.48. The molecule has 2 unspecified atom stereocenters. The molecule has 0 aliphatic carbocycles. The minimum absolute atomic E-state index is 0.0335. The monoisotopic (exact) mass is 713 g/mol. The second kappa shape index (κ2) is 33.6. The summed E-state index contributed by atoms with van der Waals surface area (Å²) in [6, 6.07) is -0.628. The smallest absolute Gasteiger partial charge is 0.362 e. The number of allylic oxidation sites excluding steroid dienone is 14. The number of carbonyl (C=O) groups is 3. The molecule has 51 heavy (non-hydrogen) atoms. The molecule has 0 rings (SSSR count). The lowest BCUT2D eigenvalue weighted by Crippen LogP contribution is -2.50. The lowest BCUT2D eigenvalue weighted by atomic mass is 10.1. The van der Waals surface area contributed by atoms with Crippen LogP contribution in [0.5, 0.6) is 0 Å². The first-order valence-electron chi connectivity index (χ1n) is 19.2. The van der Waals surface area contributed by atoms with Gasteiger partial charge in [-0.3, -0.25) is 9.59 Å². The summed E-state index contributed by atoms with van der Waals surface area (Å²) in [6.07, 6.45) is 42.0. The van der Waals surface area contributed by atoms with E-state index in [-0.39, 0.29) is 42.7 Å². The molecule has 288 valence electrons. The molecular formula is C43H70NO7+. The maximum Gasteiger partial charge on any atom is 0.362 e. The highest BCUT2D eigenvalue weighted by molar-refractivity contribution is 5.72. The Bertz CT molecular complexity index is 1110. The van der Waals surface area contributed by atoms with Crippen LogP contribution in [0.2, 0.25) is 0 Å². The summed E-state index contributed by atoms with van der Waals surface area (Å²) in [4.78, 5) is 36.8. The van der Waals surface area contributed by atoms with Gasteiger partial charge in [-0.05, 0) is 51.4 Å². The molecular weight excluding hydrogens is 642 g/mol. The quantitative estimate of drug-likeness (QED) is 0.0244. The number of ether oxygens (including phenoxy) is 3. The van der Waals surface area contributed by atoms with Crippen LogP contribution in [0, 0.1) is 0 Å². The average Bonchev–Trinajstić information content (AvgIpc) is 3.08. The molecule has 0 aromatic carbocycles. The van der Waals surface area contributed by atoms with Crippen molar-refractivity contribution in [2.24, 2.45) is 0 Å². The third-order valence-corrected chi connectivity index (χ3v) is 7.94. The van der Waals surface area contributed by atoms with Crippen LogP contribution in [0.3, 0.4) is 0 Å². The Balaban J connectivity index is 4.56. The lowest BCUT2D eigenvalue weighted by Gasteiger charge is -2.31. The number of carbonyl (C=O) groups excluding carboxylic acids is 2. The van der Waals surface area contributed by atoms with Crippen molar-refractivity contribution in [3.63, 3.8) is 0 Å². The summed E-state index contributed by atoms with van der Waals surface area (Å²) in [5.41, 5.74) is 0. The van der Waals surface area contributed by atoms with Crippen molar-refractivity contribution in [3.8, 4) is 0 Å². The predicted octanol–water partition coefficient (Wildman–Crippen LogP) is 9.79. The lowest BCUT2D eigenvalue weighted by molar-refractivity contribution is -0.887. The molecule has 1 N–H and O–H groups in total. The van der Waals surface area contributed by atoms with E-state index in [1.807, 2.05) is 81.9 Å². The van der Waals surface area contributed by atoms with Crippen LogP contribution in [-0.2, 0) is 28.6 Å². The van der Waals surface area contributed by atoms with Crippen LogP contribution in [0.15, 0.2) is 85.1 Å². The fourth-order valence-corrected chi connectivity index (χ4v) is 4.92. The molecule has 0 saturated carbocycles. The number of carboxylic acid groups (broad SMARTS) is 1. The normalized spacial score (nSPS) is 14.0. The highest BCUT2D eigenvalue weighted by Gasteiger charge is 2.31. The van der Waals surface area contributed by atoms with E-state index in [2.05, 4.69) is 38.2 Å². The van der Waals surface area contributed by atoms with E-state index < -0.39 is 18.1 Å². The van der Waals surface area contributed by atoms with Gasteiger partial charge in [-0.1, -0.05) is 131 Å². The van der Waals surface area contributed by atoms with Gasteiger partial charge in [-0.2, -0.15) is 0 Å². The van der Waals surface area contributed by atoms with Gasteiger partial charge in [0.2, 0.25) is 0 Å². The summed E-state index contributed by atoms with van der Waals surface area (Å²) >= 11 is 0. The number of unbranched alkanes of at least 4 members (excludes halogenated alkanes) is 9. The largest absolute Gasteiger partial charge is 0.477 e. The van der Waals surface area contributed by atoms with Crippen molar-refractivity contribution in [2.75, 3.05) is 41.0 Å². The fraction of sp³-hybridized carbons (Fsp3) is 0.605. The summed E-state index contributed by atoms with van der Waals surface area (Å²) in [6.45, 7) is 4.45. The maximum atomic E-state index is 12.6. The van der Waals surface area contributed by atoms with E-state index in [1.54, 1.807) is 0 Å². The maximum absolute atomic E-state index is 12.6. The highest BCUT2D eigenvalue weighted by Crippen LogP contribution is 2.12. The van der Waals surface area contributed by atoms with Gasteiger partial charge in [0, 0.05) is 19.3 Å². The molecule has 8 nitrogen and oxygen atoms in total. The van der Waals surface area contributed by atoms with E-state index in [9.17, 15) is 19.5 Å². The number of carboxylic acids is 1. The molecule has 8 heteroatoms. The molecule has 0 saturated heterocycles. The summed E-state index contributed by atoms with van der Waals surface area (Å²) < 4.78 is 17.1. The Kier molecular flexibility index (Phi) is 31.3. The molecule has 0 aromatic rings. The number of esters is 2. The van der Waals surface area contributed by atoms with Crippen LogP contribution < -0.4 is 0 Å². The minimum Gasteiger partial charge on any atom is -0.477 e. The molecule has 0 radical (unpaired) electrons. The zero-order valence-electron chi connectivity index (χ0n) is 32.5. The molecule has 2 atom stereocenters. The van der Waals surface area contributed by atoms with E-state index >= 15 is 0 Å². The number of hydrogen-bond donors (Lipinski definition) is 1. The Hall–Kier alpha value is -3.49. The molecule has 0 aliphatic heterocycles. The first-order chi connectivity index (χ1) is 24.6. The van der Waals surface area contributed by atoms with Gasteiger partial charge in [0.15, 0.2) is 12.1 Å². The number of aliphatic carboxylic acids is 1. The van der Waals surface area contributed by atoms with Crippen molar-refractivity contribution < 1.29 is 38.2 Å². The van der Waals surface area contributed by atoms with Crippen LogP contribution in [0.4, 0.5) is 0 Å². The molecule has 0 heterocycles. The highest BCUT2D eigenvalue weighted by atomic mass is 16.6. The standard InChI is InChI=1S/C43H69NO7/c1-6-8-10-12-14-16-18-19-20-21-22-23-24-26-28-30-32-34-42(46)51-39(37-49-36-35-40(43(47)48)44(3,4)5)38-50-41(45)33-31-29-27-25-17-15-13-11-9-7-2/h8,10,12-16,18-24,39-40H,6-7,9,11,17,25-38H2,1-5H3/p+1/b10-8+,14-12+,15-13+,18-16+,20-19+,22-21+,24-23+. The fourth-order valence-electron chi connectivity index (χ4n) is 4.92. The number of likely N-dealkylation sites (N-methyl/N-ethyl adjacent to an activating group) is 1. The molecule has 0 aliphatic rings. The van der Waals surface area contributed by atoms with Crippen molar-refractivity contribution in [1.29, 1.82) is 0 Å². The van der Waals surface area contributed by atoms with Gasteiger partial charge >= 0.3 is 17.9 Å². The first-order valence-corrected chi connectivity index (χ1v) is 19.2. The number of hydrogen-bond acceptors (Lipinski definition) is 6. The summed E-state index contributed by atoms with van der Waals surface area (Å²) in [5.74, 6) is -1.56. The number of rotatable bonds is 32. The molecule has 0 fully saturated rings. The third kappa shape index (κ3) is 32.2. The predicted molar refractivity (Wildman–Crippen MR) is 210 cm³/mol. The van der Waals surface area contributed by atoms with Gasteiger partial charge in [-0.15, -0.1) is 0 Å². The second-order valence-electron chi connectivity index (χ2n) is 13.6. The van der Waals surface area contributed by atoms with E-state index in [0.717, 1.165) is 64.2 Å². The zero-order valence-corrected chi connectivity index (χ0v) is 32.5. The van der Waals surface area contributed by atoms with Gasteiger partial charge in [0.1, 0.15) is 6.61 Å². The third-order valence-electron chi connectivity index (χ3n) is 7.94. The van der Waals surface area contributed by atoms with E-state index in [0.29, 0.717) is 19.3 Å². The Morgan fingerprint density at radius 2 is 1.12 bits per heavy atom. The van der Waals surface area contributed by atoms with Gasteiger partial charge in [0.05, 0.1) is 34.4 Å². The van der Waals surface area contributed by atoms with Gasteiger partial charge < -0.3 is 23.8 Å². The van der Waals surface area contributed by atoms with E-state index in [1.165, 1.54) is 12.8 Å². The minimum atomic E-state index is -0.890. The summed E-state index contributed by atoms with van der Waals surface area (Å²) in [5, 5.41) is 9.58. The SMILES string of the molecule is CC/C=C/C=C/C=C/C=C/C=C/C=C/CCCCCC(=O)OC(COCCC(C(=O)O)[N+](C)(C)C)COC(=O)CCCCCC/C=C/CCCC. The molecule has 0 amide bonds. The van der Waals surface area contributed by atoms with Crippen molar-refractivity contribution in [2.45, 2.75) is 129 Å². The molecule has 0 bridgehead atoms. The molecule has 0 spiro atoms. The van der Waals surface area contributed by atoms with Crippen LogP contribution in [-0.4, -0.2) is 80.6 Å².